The van der Waals surface area contributed by atoms with Crippen LogP contribution in [0.2, 0.25) is 5.02 Å². The van der Waals surface area contributed by atoms with Gasteiger partial charge in [0, 0.05) is 29.7 Å². The molecule has 8 heteroatoms. The highest BCUT2D eigenvalue weighted by Gasteiger charge is 2.26. The Balaban J connectivity index is 1.61. The number of halogens is 1. The van der Waals surface area contributed by atoms with Crippen molar-refractivity contribution in [2.24, 2.45) is 0 Å². The number of aromatic hydroxyl groups is 1. The summed E-state index contributed by atoms with van der Waals surface area (Å²) >= 11 is 5.99. The van der Waals surface area contributed by atoms with E-state index < -0.39 is 0 Å². The molecule has 1 aromatic carbocycles. The number of β-amino-alcohol motifs (C(OH)–C–C–N with tert-alkyl or cyclic N) is 1. The second-order valence-corrected chi connectivity index (χ2v) is 7.67. The number of aryl methyl sites for hydroxylation is 1. The number of hydrogen-bond acceptors (Lipinski definition) is 7. The van der Waals surface area contributed by atoms with Crippen LogP contribution in [0.25, 0.3) is 22.5 Å². The van der Waals surface area contributed by atoms with Gasteiger partial charge in [0.05, 0.1) is 11.8 Å². The third kappa shape index (κ3) is 3.78. The van der Waals surface area contributed by atoms with Gasteiger partial charge in [0.15, 0.2) is 5.58 Å². The van der Waals surface area contributed by atoms with E-state index in [2.05, 4.69) is 27.1 Å². The molecule has 28 heavy (non-hydrogen) atoms. The SMILES string of the molecule is CCN1C[C@@H](O)C[C@@H](Nc2nc3nc(-c4c(C)cc(Cl)cc4O)ccc3o2)C1. The molecular weight excluding hydrogens is 380 g/mol. The highest BCUT2D eigenvalue weighted by Crippen LogP contribution is 2.35. The number of hydrogen-bond donors (Lipinski definition) is 3. The predicted molar refractivity (Wildman–Crippen MR) is 109 cm³/mol. The number of aliphatic hydroxyl groups excluding tert-OH is 1. The van der Waals surface area contributed by atoms with E-state index in [-0.39, 0.29) is 17.9 Å². The Morgan fingerprint density at radius 1 is 1.29 bits per heavy atom. The van der Waals surface area contributed by atoms with Gasteiger partial charge in [-0.05, 0) is 49.7 Å². The summed E-state index contributed by atoms with van der Waals surface area (Å²) in [6, 6.07) is 7.30. The number of likely N-dealkylation sites (N-methyl/N-ethyl adjacent to an activating group) is 1. The largest absolute Gasteiger partial charge is 0.507 e. The first-order chi connectivity index (χ1) is 13.4. The van der Waals surface area contributed by atoms with E-state index in [9.17, 15) is 10.2 Å². The summed E-state index contributed by atoms with van der Waals surface area (Å²) in [4.78, 5) is 11.2. The lowest BCUT2D eigenvalue weighted by Crippen LogP contribution is -2.48. The maximum Gasteiger partial charge on any atom is 0.297 e. The number of nitrogens with zero attached hydrogens (tertiary/aromatic N) is 3. The maximum absolute atomic E-state index is 10.3. The molecule has 0 amide bonds. The van der Waals surface area contributed by atoms with Crippen LogP contribution in [0.3, 0.4) is 0 Å². The third-order valence-electron chi connectivity index (χ3n) is 5.07. The van der Waals surface area contributed by atoms with Gasteiger partial charge in [-0.15, -0.1) is 0 Å². The molecule has 1 saturated heterocycles. The van der Waals surface area contributed by atoms with Gasteiger partial charge in [-0.1, -0.05) is 18.5 Å². The topological polar surface area (TPSA) is 94.7 Å². The van der Waals surface area contributed by atoms with Crippen molar-refractivity contribution in [3.63, 3.8) is 0 Å². The van der Waals surface area contributed by atoms with Crippen molar-refractivity contribution >= 4 is 28.8 Å². The molecule has 7 nitrogen and oxygen atoms in total. The Labute approximate surface area is 168 Å². The number of phenolic OH excluding ortho intramolecular Hbond substituents is 1. The van der Waals surface area contributed by atoms with Crippen molar-refractivity contribution < 1.29 is 14.6 Å². The summed E-state index contributed by atoms with van der Waals surface area (Å²) < 4.78 is 5.78. The Kier molecular flexibility index (Phi) is 5.14. The predicted octanol–water partition coefficient (Wildman–Crippen LogP) is 3.42. The van der Waals surface area contributed by atoms with Crippen LogP contribution in [0.5, 0.6) is 5.75 Å². The number of phenols is 1. The van der Waals surface area contributed by atoms with Crippen LogP contribution in [0.4, 0.5) is 6.01 Å². The number of likely N-dealkylation sites (tertiary alicyclic amines) is 1. The highest BCUT2D eigenvalue weighted by atomic mass is 35.5. The summed E-state index contributed by atoms with van der Waals surface area (Å²) in [6.07, 6.45) is 0.280. The summed E-state index contributed by atoms with van der Waals surface area (Å²) in [5.41, 5.74) is 3.06. The second kappa shape index (κ2) is 7.58. The van der Waals surface area contributed by atoms with Crippen LogP contribution >= 0.6 is 11.6 Å². The second-order valence-electron chi connectivity index (χ2n) is 7.24. The number of anilines is 1. The van der Waals surface area contributed by atoms with Gasteiger partial charge >= 0.3 is 0 Å². The van der Waals surface area contributed by atoms with Crippen LogP contribution in [0.1, 0.15) is 18.9 Å². The lowest BCUT2D eigenvalue weighted by Gasteiger charge is -2.34. The zero-order chi connectivity index (χ0) is 19.8. The van der Waals surface area contributed by atoms with Gasteiger partial charge in [-0.3, -0.25) is 4.90 Å². The van der Waals surface area contributed by atoms with E-state index in [0.29, 0.717) is 46.5 Å². The van der Waals surface area contributed by atoms with E-state index in [1.165, 1.54) is 6.07 Å². The molecule has 0 bridgehead atoms. The normalized spacial score (nSPS) is 20.6. The third-order valence-corrected chi connectivity index (χ3v) is 5.29. The van der Waals surface area contributed by atoms with E-state index >= 15 is 0 Å². The number of fused-ring (bicyclic) bond motifs is 1. The number of benzene rings is 1. The Morgan fingerprint density at radius 3 is 2.86 bits per heavy atom. The molecule has 1 aliphatic rings. The molecule has 1 aliphatic heterocycles. The van der Waals surface area contributed by atoms with Crippen molar-refractivity contribution in [1.29, 1.82) is 0 Å². The molecule has 3 N–H and O–H groups in total. The van der Waals surface area contributed by atoms with Crippen LogP contribution in [0, 0.1) is 6.92 Å². The van der Waals surface area contributed by atoms with Gasteiger partial charge in [0.2, 0.25) is 5.65 Å². The molecule has 0 aliphatic carbocycles. The molecule has 0 radical (unpaired) electrons. The Hall–Kier alpha value is -2.35. The number of aliphatic hydroxyl groups is 1. The molecule has 0 saturated carbocycles. The number of rotatable bonds is 4. The van der Waals surface area contributed by atoms with E-state index in [4.69, 9.17) is 16.0 Å². The van der Waals surface area contributed by atoms with Gasteiger partial charge in [0.1, 0.15) is 5.75 Å². The first-order valence-electron chi connectivity index (χ1n) is 9.37. The maximum atomic E-state index is 10.3. The molecule has 3 aromatic rings. The molecule has 148 valence electrons. The van der Waals surface area contributed by atoms with Crippen LogP contribution in [-0.2, 0) is 0 Å². The minimum Gasteiger partial charge on any atom is -0.507 e. The van der Waals surface area contributed by atoms with Gasteiger partial charge in [-0.2, -0.15) is 4.98 Å². The number of aromatic nitrogens is 2. The summed E-state index contributed by atoms with van der Waals surface area (Å²) in [6.45, 7) is 6.35. The minimum absolute atomic E-state index is 0.0544. The van der Waals surface area contributed by atoms with E-state index in [1.807, 2.05) is 6.92 Å². The minimum atomic E-state index is -0.365. The van der Waals surface area contributed by atoms with Crippen LogP contribution < -0.4 is 5.32 Å². The first-order valence-corrected chi connectivity index (χ1v) is 9.74. The molecule has 0 unspecified atom stereocenters. The lowest BCUT2D eigenvalue weighted by molar-refractivity contribution is 0.0667. The fraction of sp³-hybridized carbons (Fsp3) is 0.400. The number of pyridine rings is 1. The lowest BCUT2D eigenvalue weighted by atomic mass is 10.0. The van der Waals surface area contributed by atoms with E-state index in [1.54, 1.807) is 18.2 Å². The Bertz CT molecular complexity index is 983. The number of oxazole rings is 1. The molecule has 2 aromatic heterocycles. The van der Waals surface area contributed by atoms with Gasteiger partial charge in [-0.25, -0.2) is 4.98 Å². The molecule has 3 heterocycles. The van der Waals surface area contributed by atoms with Crippen molar-refractivity contribution in [2.75, 3.05) is 25.0 Å². The van der Waals surface area contributed by atoms with Crippen LogP contribution in [0.15, 0.2) is 28.7 Å². The number of piperidine rings is 1. The van der Waals surface area contributed by atoms with Gasteiger partial charge < -0.3 is 19.9 Å². The molecule has 4 rings (SSSR count). The molecular formula is C20H23ClN4O3. The zero-order valence-corrected chi connectivity index (χ0v) is 16.6. The average molecular weight is 403 g/mol. The quantitative estimate of drug-likeness (QED) is 0.615. The van der Waals surface area contributed by atoms with Gasteiger partial charge in [0.25, 0.3) is 6.01 Å². The Morgan fingerprint density at radius 2 is 2.11 bits per heavy atom. The van der Waals surface area contributed by atoms with Crippen molar-refractivity contribution in [3.8, 4) is 17.0 Å². The molecule has 0 spiro atoms. The zero-order valence-electron chi connectivity index (χ0n) is 15.8. The van der Waals surface area contributed by atoms with E-state index in [0.717, 1.165) is 18.7 Å². The molecule has 1 fully saturated rings. The first kappa shape index (κ1) is 19.0. The summed E-state index contributed by atoms with van der Waals surface area (Å²) in [5, 5.41) is 24.1. The standard InChI is InChI=1S/C20H23ClN4O3/c1-3-25-9-13(8-14(26)10-25)22-20-24-19-17(28-20)5-4-15(23-19)18-11(2)6-12(21)7-16(18)27/h4-7,13-14,26-27H,3,8-10H2,1-2H3,(H,22,23,24)/t13-,14+/m1/s1. The van der Waals surface area contributed by atoms with Crippen molar-refractivity contribution in [1.82, 2.24) is 14.9 Å². The van der Waals surface area contributed by atoms with Crippen molar-refractivity contribution in [2.45, 2.75) is 32.4 Å². The fourth-order valence-electron chi connectivity index (χ4n) is 3.78. The summed E-state index contributed by atoms with van der Waals surface area (Å²) in [7, 11) is 0. The molecule has 2 atom stereocenters. The monoisotopic (exact) mass is 402 g/mol. The fourth-order valence-corrected chi connectivity index (χ4v) is 4.04. The highest BCUT2D eigenvalue weighted by molar-refractivity contribution is 6.31. The van der Waals surface area contributed by atoms with Crippen LogP contribution in [-0.4, -0.2) is 56.9 Å². The number of nitrogens with one attached hydrogen (secondary N) is 1. The summed E-state index contributed by atoms with van der Waals surface area (Å²) in [5.74, 6) is 0.0783. The van der Waals surface area contributed by atoms with Crippen molar-refractivity contribution in [3.05, 3.63) is 34.9 Å². The average Bonchev–Trinajstić information content (AvgIpc) is 3.01. The smallest absolute Gasteiger partial charge is 0.297 e.